The van der Waals surface area contributed by atoms with E-state index in [-0.39, 0.29) is 6.04 Å². The maximum atomic E-state index is 6.25. The fourth-order valence-corrected chi connectivity index (χ4v) is 2.80. The number of nitrogens with zero attached hydrogens (tertiary/aromatic N) is 1. The van der Waals surface area contributed by atoms with Crippen LogP contribution < -0.4 is 5.32 Å². The highest BCUT2D eigenvalue weighted by molar-refractivity contribution is 6.35. The molecule has 3 rings (SSSR count). The van der Waals surface area contributed by atoms with E-state index in [4.69, 9.17) is 16.3 Å². The molecule has 1 fully saturated rings. The molecular weight excluding hydrogens is 248 g/mol. The fourth-order valence-electron chi connectivity index (χ4n) is 2.58. The molecule has 0 spiro atoms. The first-order chi connectivity index (χ1) is 8.77. The highest BCUT2D eigenvalue weighted by Gasteiger charge is 2.19. The van der Waals surface area contributed by atoms with Gasteiger partial charge in [0.1, 0.15) is 0 Å². The second-order valence-electron chi connectivity index (χ2n) is 4.74. The van der Waals surface area contributed by atoms with Gasteiger partial charge >= 0.3 is 0 Å². The van der Waals surface area contributed by atoms with Crippen LogP contribution in [0, 0.1) is 0 Å². The minimum Gasteiger partial charge on any atom is -0.379 e. The lowest BCUT2D eigenvalue weighted by atomic mass is 10.2. The first kappa shape index (κ1) is 12.0. The van der Waals surface area contributed by atoms with Crippen molar-refractivity contribution >= 4 is 22.5 Å². The molecule has 1 aromatic carbocycles. The zero-order valence-corrected chi connectivity index (χ0v) is 11.2. The summed E-state index contributed by atoms with van der Waals surface area (Å²) in [6.07, 6.45) is 1.07. The van der Waals surface area contributed by atoms with Crippen LogP contribution in [-0.4, -0.2) is 24.3 Å². The van der Waals surface area contributed by atoms with Crippen LogP contribution in [0.15, 0.2) is 24.3 Å². The Balaban J connectivity index is 2.06. The summed E-state index contributed by atoms with van der Waals surface area (Å²) in [7, 11) is 2.08. The van der Waals surface area contributed by atoms with Gasteiger partial charge in [-0.2, -0.15) is 0 Å². The number of fused-ring (bicyclic) bond motifs is 1. The van der Waals surface area contributed by atoms with Gasteiger partial charge in [0.15, 0.2) is 0 Å². The molecule has 18 heavy (non-hydrogen) atoms. The van der Waals surface area contributed by atoms with E-state index in [9.17, 15) is 0 Å². The molecular formula is C14H17ClN2O. The van der Waals surface area contributed by atoms with Crippen molar-refractivity contribution < 1.29 is 4.74 Å². The summed E-state index contributed by atoms with van der Waals surface area (Å²) in [5.74, 6) is 0. The molecule has 1 aromatic heterocycles. The predicted molar refractivity (Wildman–Crippen MR) is 74.1 cm³/mol. The van der Waals surface area contributed by atoms with Crippen molar-refractivity contribution in [2.24, 2.45) is 7.05 Å². The number of hydrogen-bond acceptors (Lipinski definition) is 2. The second kappa shape index (κ2) is 4.92. The Labute approximate surface area is 112 Å². The third-order valence-electron chi connectivity index (χ3n) is 3.57. The van der Waals surface area contributed by atoms with Crippen molar-refractivity contribution in [1.29, 1.82) is 0 Å². The summed E-state index contributed by atoms with van der Waals surface area (Å²) in [5, 5.41) is 5.45. The van der Waals surface area contributed by atoms with E-state index >= 15 is 0 Å². The number of aromatic nitrogens is 1. The van der Waals surface area contributed by atoms with E-state index in [2.05, 4.69) is 29.1 Å². The average molecular weight is 265 g/mol. The number of ether oxygens (including phenoxy) is 1. The molecule has 0 saturated carbocycles. The lowest BCUT2D eigenvalue weighted by Crippen LogP contribution is -2.25. The summed E-state index contributed by atoms with van der Waals surface area (Å²) >= 11 is 6.25. The van der Waals surface area contributed by atoms with E-state index in [1.165, 1.54) is 11.2 Å². The monoisotopic (exact) mass is 264 g/mol. The Morgan fingerprint density at radius 3 is 3.17 bits per heavy atom. The van der Waals surface area contributed by atoms with Gasteiger partial charge in [-0.15, -0.1) is 0 Å². The van der Waals surface area contributed by atoms with Crippen LogP contribution >= 0.6 is 11.6 Å². The van der Waals surface area contributed by atoms with Crippen molar-refractivity contribution in [3.8, 4) is 0 Å². The predicted octanol–water partition coefficient (Wildman–Crippen LogP) is 2.88. The molecule has 1 unspecified atom stereocenters. The zero-order chi connectivity index (χ0) is 12.5. The number of rotatable bonds is 1. The Bertz CT molecular complexity index is 556. The van der Waals surface area contributed by atoms with Gasteiger partial charge in [0.2, 0.25) is 0 Å². The Kier molecular flexibility index (Phi) is 3.29. The maximum absolute atomic E-state index is 6.25. The fraction of sp³-hybridized carbons (Fsp3) is 0.429. The summed E-state index contributed by atoms with van der Waals surface area (Å²) in [4.78, 5) is 0. The molecule has 0 amide bonds. The van der Waals surface area contributed by atoms with Crippen LogP contribution in [-0.2, 0) is 11.8 Å². The highest BCUT2D eigenvalue weighted by Crippen LogP contribution is 2.29. The molecule has 1 aliphatic heterocycles. The Morgan fingerprint density at radius 1 is 1.44 bits per heavy atom. The van der Waals surface area contributed by atoms with Crippen molar-refractivity contribution in [1.82, 2.24) is 9.88 Å². The number of aryl methyl sites for hydroxylation is 1. The summed E-state index contributed by atoms with van der Waals surface area (Å²) < 4.78 is 7.84. The normalized spacial score (nSPS) is 21.1. The molecule has 2 aromatic rings. The molecule has 1 atom stereocenters. The Morgan fingerprint density at radius 2 is 2.33 bits per heavy atom. The average Bonchev–Trinajstić information content (AvgIpc) is 2.57. The molecule has 2 heterocycles. The molecule has 3 nitrogen and oxygen atoms in total. The topological polar surface area (TPSA) is 26.2 Å². The van der Waals surface area contributed by atoms with Crippen molar-refractivity contribution in [2.45, 2.75) is 12.5 Å². The first-order valence-electron chi connectivity index (χ1n) is 6.32. The van der Waals surface area contributed by atoms with E-state index in [1.807, 2.05) is 12.1 Å². The molecule has 1 saturated heterocycles. The van der Waals surface area contributed by atoms with Crippen molar-refractivity contribution in [2.75, 3.05) is 19.8 Å². The van der Waals surface area contributed by atoms with Gasteiger partial charge in [-0.05, 0) is 31.2 Å². The van der Waals surface area contributed by atoms with Gasteiger partial charge in [0.05, 0.1) is 12.6 Å². The van der Waals surface area contributed by atoms with Crippen LogP contribution in [0.25, 0.3) is 10.9 Å². The number of halogens is 1. The van der Waals surface area contributed by atoms with E-state index < -0.39 is 0 Å². The minimum atomic E-state index is 0.251. The van der Waals surface area contributed by atoms with Crippen LogP contribution in [0.2, 0.25) is 5.02 Å². The number of nitrogens with one attached hydrogen (secondary N) is 1. The van der Waals surface area contributed by atoms with Crippen molar-refractivity contribution in [3.63, 3.8) is 0 Å². The van der Waals surface area contributed by atoms with Gasteiger partial charge in [-0.25, -0.2) is 0 Å². The Hall–Kier alpha value is -1.03. The maximum Gasteiger partial charge on any atom is 0.0712 e. The van der Waals surface area contributed by atoms with Crippen LogP contribution in [0.1, 0.15) is 18.2 Å². The molecule has 1 N–H and O–H groups in total. The smallest absolute Gasteiger partial charge is 0.0712 e. The molecule has 0 bridgehead atoms. The van der Waals surface area contributed by atoms with E-state index in [1.54, 1.807) is 0 Å². The van der Waals surface area contributed by atoms with Gasteiger partial charge in [0, 0.05) is 35.3 Å². The summed E-state index contributed by atoms with van der Waals surface area (Å²) in [5.41, 5.74) is 2.41. The third kappa shape index (κ3) is 2.03. The lowest BCUT2D eigenvalue weighted by Gasteiger charge is -2.16. The molecule has 1 aliphatic rings. The third-order valence-corrected chi connectivity index (χ3v) is 3.90. The SMILES string of the molecule is Cn1c(C2COCCCN2)cc2c(Cl)cccc21. The van der Waals surface area contributed by atoms with E-state index in [0.717, 1.165) is 36.6 Å². The van der Waals surface area contributed by atoms with Crippen LogP contribution in [0.4, 0.5) is 0 Å². The van der Waals surface area contributed by atoms with Crippen LogP contribution in [0.5, 0.6) is 0 Å². The van der Waals surface area contributed by atoms with Crippen molar-refractivity contribution in [3.05, 3.63) is 35.0 Å². The standard InChI is InChI=1S/C14H17ClN2O/c1-17-13-5-2-4-11(15)10(13)8-14(17)12-9-18-7-3-6-16-12/h2,4-5,8,12,16H,3,6-7,9H2,1H3. The molecule has 4 heteroatoms. The second-order valence-corrected chi connectivity index (χ2v) is 5.14. The van der Waals surface area contributed by atoms with Crippen LogP contribution in [0.3, 0.4) is 0 Å². The number of hydrogen-bond donors (Lipinski definition) is 1. The highest BCUT2D eigenvalue weighted by atomic mass is 35.5. The molecule has 0 radical (unpaired) electrons. The van der Waals surface area contributed by atoms with Gasteiger partial charge < -0.3 is 14.6 Å². The zero-order valence-electron chi connectivity index (χ0n) is 10.4. The summed E-state index contributed by atoms with van der Waals surface area (Å²) in [6.45, 7) is 2.57. The number of benzene rings is 1. The minimum absolute atomic E-state index is 0.251. The molecule has 0 aliphatic carbocycles. The first-order valence-corrected chi connectivity index (χ1v) is 6.70. The quantitative estimate of drug-likeness (QED) is 0.857. The lowest BCUT2D eigenvalue weighted by molar-refractivity contribution is 0.130. The van der Waals surface area contributed by atoms with Gasteiger partial charge in [-0.1, -0.05) is 17.7 Å². The van der Waals surface area contributed by atoms with Gasteiger partial charge in [-0.3, -0.25) is 0 Å². The summed E-state index contributed by atoms with van der Waals surface area (Å²) in [6, 6.07) is 8.45. The largest absolute Gasteiger partial charge is 0.379 e. The van der Waals surface area contributed by atoms with Gasteiger partial charge in [0.25, 0.3) is 0 Å². The van der Waals surface area contributed by atoms with E-state index in [0.29, 0.717) is 0 Å². The molecule has 96 valence electrons.